The molecule has 0 N–H and O–H groups in total. The molecule has 3 aromatic rings. The van der Waals surface area contributed by atoms with Gasteiger partial charge in [-0.3, -0.25) is 4.79 Å². The van der Waals surface area contributed by atoms with Gasteiger partial charge >= 0.3 is 0 Å². The van der Waals surface area contributed by atoms with E-state index in [1.807, 2.05) is 39.8 Å². The highest BCUT2D eigenvalue weighted by molar-refractivity contribution is 5.80. The van der Waals surface area contributed by atoms with Crippen LogP contribution in [-0.2, 0) is 24.3 Å². The van der Waals surface area contributed by atoms with Crippen LogP contribution < -0.4 is 0 Å². The SMILES string of the molecule is O=C(Cn1cnc2ccccc21)N1CCc2ccccc2C1. The van der Waals surface area contributed by atoms with Gasteiger partial charge in [0.05, 0.1) is 17.4 Å². The predicted octanol–water partition coefficient (Wildman–Crippen LogP) is 2.62. The van der Waals surface area contributed by atoms with Gasteiger partial charge < -0.3 is 9.47 Å². The van der Waals surface area contributed by atoms with Gasteiger partial charge in [-0.2, -0.15) is 0 Å². The summed E-state index contributed by atoms with van der Waals surface area (Å²) in [7, 11) is 0. The Labute approximate surface area is 129 Å². The summed E-state index contributed by atoms with van der Waals surface area (Å²) >= 11 is 0. The Morgan fingerprint density at radius 2 is 1.82 bits per heavy atom. The molecule has 22 heavy (non-hydrogen) atoms. The number of hydrogen-bond acceptors (Lipinski definition) is 2. The van der Waals surface area contributed by atoms with Gasteiger partial charge in [0.25, 0.3) is 0 Å². The predicted molar refractivity (Wildman–Crippen MR) is 85.3 cm³/mol. The molecule has 1 aliphatic rings. The second-order valence-corrected chi connectivity index (χ2v) is 5.70. The van der Waals surface area contributed by atoms with E-state index in [2.05, 4.69) is 23.2 Å². The summed E-state index contributed by atoms with van der Waals surface area (Å²) in [6, 6.07) is 16.3. The van der Waals surface area contributed by atoms with Gasteiger partial charge in [-0.15, -0.1) is 0 Å². The molecular weight excluding hydrogens is 274 g/mol. The first kappa shape index (κ1) is 13.1. The molecular formula is C18H17N3O. The molecule has 0 atom stereocenters. The third kappa shape index (κ3) is 2.26. The van der Waals surface area contributed by atoms with Crippen molar-refractivity contribution in [3.05, 3.63) is 66.0 Å². The molecule has 2 aromatic carbocycles. The first-order chi connectivity index (χ1) is 10.8. The van der Waals surface area contributed by atoms with Crippen molar-refractivity contribution >= 4 is 16.9 Å². The molecule has 0 unspecified atom stereocenters. The average Bonchev–Trinajstić information content (AvgIpc) is 2.97. The first-order valence-corrected chi connectivity index (χ1v) is 7.56. The molecule has 0 radical (unpaired) electrons. The fourth-order valence-electron chi connectivity index (χ4n) is 3.09. The van der Waals surface area contributed by atoms with Crippen LogP contribution in [0.2, 0.25) is 0 Å². The van der Waals surface area contributed by atoms with Crippen molar-refractivity contribution in [1.82, 2.24) is 14.5 Å². The number of nitrogens with zero attached hydrogens (tertiary/aromatic N) is 3. The zero-order valence-corrected chi connectivity index (χ0v) is 12.3. The molecule has 0 saturated heterocycles. The van der Waals surface area contributed by atoms with Crippen LogP contribution in [0.15, 0.2) is 54.9 Å². The van der Waals surface area contributed by atoms with Crippen molar-refractivity contribution in [3.63, 3.8) is 0 Å². The van der Waals surface area contributed by atoms with E-state index < -0.39 is 0 Å². The third-order valence-electron chi connectivity index (χ3n) is 4.32. The van der Waals surface area contributed by atoms with Gasteiger partial charge in [0.2, 0.25) is 5.91 Å². The van der Waals surface area contributed by atoms with Crippen LogP contribution in [0.4, 0.5) is 0 Å². The second kappa shape index (κ2) is 5.30. The van der Waals surface area contributed by atoms with Crippen LogP contribution in [0.25, 0.3) is 11.0 Å². The Bertz CT molecular complexity index is 837. The number of imidazole rings is 1. The molecule has 0 saturated carbocycles. The first-order valence-electron chi connectivity index (χ1n) is 7.56. The maximum absolute atomic E-state index is 12.6. The number of fused-ring (bicyclic) bond motifs is 2. The lowest BCUT2D eigenvalue weighted by atomic mass is 10.00. The van der Waals surface area contributed by atoms with E-state index in [4.69, 9.17) is 0 Å². The van der Waals surface area contributed by atoms with Crippen molar-refractivity contribution in [2.45, 2.75) is 19.5 Å². The maximum atomic E-state index is 12.6. The van der Waals surface area contributed by atoms with Crippen LogP contribution in [0, 0.1) is 0 Å². The Kier molecular flexibility index (Phi) is 3.15. The summed E-state index contributed by atoms with van der Waals surface area (Å²) < 4.78 is 1.93. The molecule has 4 heteroatoms. The van der Waals surface area contributed by atoms with E-state index in [1.165, 1.54) is 11.1 Å². The molecule has 0 bridgehead atoms. The summed E-state index contributed by atoms with van der Waals surface area (Å²) in [5.74, 6) is 0.151. The number of aromatic nitrogens is 2. The van der Waals surface area contributed by atoms with Crippen molar-refractivity contribution < 1.29 is 4.79 Å². The normalized spacial score (nSPS) is 14.1. The summed E-state index contributed by atoms with van der Waals surface area (Å²) in [6.07, 6.45) is 2.69. The molecule has 2 heterocycles. The molecule has 1 amide bonds. The smallest absolute Gasteiger partial charge is 0.242 e. The fourth-order valence-corrected chi connectivity index (χ4v) is 3.09. The third-order valence-corrected chi connectivity index (χ3v) is 4.32. The van der Waals surface area contributed by atoms with E-state index in [0.29, 0.717) is 13.1 Å². The lowest BCUT2D eigenvalue weighted by molar-refractivity contribution is -0.132. The van der Waals surface area contributed by atoms with Crippen molar-refractivity contribution in [2.75, 3.05) is 6.54 Å². The summed E-state index contributed by atoms with van der Waals surface area (Å²) in [5, 5.41) is 0. The largest absolute Gasteiger partial charge is 0.336 e. The zero-order valence-electron chi connectivity index (χ0n) is 12.3. The number of hydrogen-bond donors (Lipinski definition) is 0. The highest BCUT2D eigenvalue weighted by Crippen LogP contribution is 2.19. The Hall–Kier alpha value is -2.62. The van der Waals surface area contributed by atoms with Crippen molar-refractivity contribution in [2.24, 2.45) is 0 Å². The molecule has 0 aliphatic carbocycles. The van der Waals surface area contributed by atoms with Crippen LogP contribution in [-0.4, -0.2) is 26.9 Å². The minimum Gasteiger partial charge on any atom is -0.336 e. The van der Waals surface area contributed by atoms with Crippen LogP contribution in [0.3, 0.4) is 0 Å². The highest BCUT2D eigenvalue weighted by Gasteiger charge is 2.20. The van der Waals surface area contributed by atoms with Gasteiger partial charge in [0.1, 0.15) is 6.54 Å². The Morgan fingerprint density at radius 3 is 2.73 bits per heavy atom. The van der Waals surface area contributed by atoms with Gasteiger partial charge in [0, 0.05) is 13.1 Å². The highest BCUT2D eigenvalue weighted by atomic mass is 16.2. The molecule has 0 spiro atoms. The number of rotatable bonds is 2. The monoisotopic (exact) mass is 291 g/mol. The molecule has 4 nitrogen and oxygen atoms in total. The van der Waals surface area contributed by atoms with E-state index in [9.17, 15) is 4.79 Å². The zero-order chi connectivity index (χ0) is 14.9. The Morgan fingerprint density at radius 1 is 1.05 bits per heavy atom. The quantitative estimate of drug-likeness (QED) is 0.728. The van der Waals surface area contributed by atoms with E-state index in [0.717, 1.165) is 24.0 Å². The fraction of sp³-hybridized carbons (Fsp3) is 0.222. The number of amides is 1. The van der Waals surface area contributed by atoms with Gasteiger partial charge in [0.15, 0.2) is 0 Å². The minimum atomic E-state index is 0.151. The van der Waals surface area contributed by atoms with E-state index in [1.54, 1.807) is 6.33 Å². The van der Waals surface area contributed by atoms with Crippen LogP contribution in [0.1, 0.15) is 11.1 Å². The maximum Gasteiger partial charge on any atom is 0.242 e. The second-order valence-electron chi connectivity index (χ2n) is 5.70. The molecule has 0 fully saturated rings. The van der Waals surface area contributed by atoms with E-state index >= 15 is 0 Å². The molecule has 1 aromatic heterocycles. The summed E-state index contributed by atoms with van der Waals surface area (Å²) in [6.45, 7) is 1.85. The van der Waals surface area contributed by atoms with Crippen molar-refractivity contribution in [3.8, 4) is 0 Å². The molecule has 4 rings (SSSR count). The number of carbonyl (C=O) groups excluding carboxylic acids is 1. The topological polar surface area (TPSA) is 38.1 Å². The van der Waals surface area contributed by atoms with E-state index in [-0.39, 0.29) is 5.91 Å². The van der Waals surface area contributed by atoms with Crippen LogP contribution >= 0.6 is 0 Å². The van der Waals surface area contributed by atoms with Crippen LogP contribution in [0.5, 0.6) is 0 Å². The number of benzene rings is 2. The lowest BCUT2D eigenvalue weighted by Crippen LogP contribution is -2.37. The van der Waals surface area contributed by atoms with Crippen molar-refractivity contribution in [1.29, 1.82) is 0 Å². The number of para-hydroxylation sites is 2. The minimum absolute atomic E-state index is 0.151. The van der Waals surface area contributed by atoms with Gasteiger partial charge in [-0.25, -0.2) is 4.98 Å². The Balaban J connectivity index is 1.54. The molecule has 110 valence electrons. The summed E-state index contributed by atoms with van der Waals surface area (Å²) in [4.78, 5) is 18.9. The molecule has 1 aliphatic heterocycles. The standard InChI is InChI=1S/C18H17N3O/c22-18(12-21-13-19-16-7-3-4-8-17(16)21)20-10-9-14-5-1-2-6-15(14)11-20/h1-8,13H,9-12H2. The number of carbonyl (C=O) groups is 1. The van der Waals surface area contributed by atoms with Gasteiger partial charge in [-0.05, 0) is 29.7 Å². The lowest BCUT2D eigenvalue weighted by Gasteiger charge is -2.29. The average molecular weight is 291 g/mol. The summed E-state index contributed by atoms with van der Waals surface area (Å²) in [5.41, 5.74) is 4.56. The van der Waals surface area contributed by atoms with Gasteiger partial charge in [-0.1, -0.05) is 36.4 Å².